The number of sulfonamides is 1. The first kappa shape index (κ1) is 22.9. The van der Waals surface area contributed by atoms with E-state index in [1.807, 2.05) is 4.72 Å². The Bertz CT molecular complexity index is 1710. The van der Waals surface area contributed by atoms with Gasteiger partial charge in [0.25, 0.3) is 10.0 Å². The number of aromatic amines is 2. The third kappa shape index (κ3) is 3.90. The van der Waals surface area contributed by atoms with Gasteiger partial charge in [-0.1, -0.05) is 17.7 Å². The minimum Gasteiger partial charge on any atom is -0.343 e. The number of fused-ring (bicyclic) bond motifs is 1. The molecule has 3 aromatic carbocycles. The van der Waals surface area contributed by atoms with Gasteiger partial charge in [-0.15, -0.1) is 0 Å². The van der Waals surface area contributed by atoms with Crippen molar-refractivity contribution in [2.45, 2.75) is 4.90 Å². The van der Waals surface area contributed by atoms with Gasteiger partial charge in [0.1, 0.15) is 27.7 Å². The van der Waals surface area contributed by atoms with Gasteiger partial charge in [0, 0.05) is 23.3 Å². The van der Waals surface area contributed by atoms with Crippen LogP contribution in [0, 0.1) is 23.3 Å². The van der Waals surface area contributed by atoms with Crippen molar-refractivity contribution in [3.63, 3.8) is 0 Å². The molecule has 3 N–H and O–H groups in total. The van der Waals surface area contributed by atoms with Crippen LogP contribution < -0.4 is 4.72 Å². The molecular formula is C22H12ClF4N5O2S. The average molecular weight is 522 g/mol. The van der Waals surface area contributed by atoms with Crippen LogP contribution in [-0.2, 0) is 10.0 Å². The molecule has 0 aliphatic carbocycles. The summed E-state index contributed by atoms with van der Waals surface area (Å²) in [7, 11) is -4.49. The van der Waals surface area contributed by atoms with Crippen molar-refractivity contribution >= 4 is 38.2 Å². The summed E-state index contributed by atoms with van der Waals surface area (Å²) < 4.78 is 86.1. The Labute approximate surface area is 199 Å². The molecule has 5 rings (SSSR count). The van der Waals surface area contributed by atoms with Crippen LogP contribution in [-0.4, -0.2) is 28.6 Å². The summed E-state index contributed by atoms with van der Waals surface area (Å²) >= 11 is 5.81. The SMILES string of the molecule is O=S(=O)(Nc1ccc(F)c(-c2ccc3c(-c4ncc[nH]4)n[nH]c3c2F)c1F)c1ccc(F)cc1Cl. The summed E-state index contributed by atoms with van der Waals surface area (Å²) in [6, 6.07) is 6.70. The molecule has 2 aromatic heterocycles. The zero-order valence-electron chi connectivity index (χ0n) is 17.2. The molecule has 0 radical (unpaired) electrons. The van der Waals surface area contributed by atoms with Crippen molar-refractivity contribution in [3.05, 3.63) is 83.1 Å². The van der Waals surface area contributed by atoms with Gasteiger partial charge in [-0.25, -0.2) is 31.0 Å². The monoisotopic (exact) mass is 521 g/mol. The standard InChI is InChI=1S/C22H12ClF4N5O2S/c23-13-9-10(24)1-6-16(13)35(33,34)32-15-5-4-14(25)17(19(15)27)11-2-3-12-20(18(11)26)30-31-21(12)22-28-7-8-29-22/h1-9,32H,(H,28,29)(H,30,31). The van der Waals surface area contributed by atoms with Crippen LogP contribution in [0.25, 0.3) is 33.5 Å². The number of imidazole rings is 1. The molecule has 0 atom stereocenters. The number of benzene rings is 3. The summed E-state index contributed by atoms with van der Waals surface area (Å²) in [5, 5.41) is 6.38. The number of rotatable bonds is 5. The summed E-state index contributed by atoms with van der Waals surface area (Å²) in [6.07, 6.45) is 3.04. The molecule has 0 amide bonds. The number of hydrogen-bond acceptors (Lipinski definition) is 4. The maximum absolute atomic E-state index is 15.4. The molecule has 0 unspecified atom stereocenters. The lowest BCUT2D eigenvalue weighted by atomic mass is 10.0. The molecule has 0 saturated carbocycles. The molecule has 0 fully saturated rings. The van der Waals surface area contributed by atoms with Crippen LogP contribution in [0.4, 0.5) is 23.2 Å². The lowest BCUT2D eigenvalue weighted by Crippen LogP contribution is -2.15. The lowest BCUT2D eigenvalue weighted by Gasteiger charge is -2.14. The summed E-state index contributed by atoms with van der Waals surface area (Å²) in [6.45, 7) is 0. The van der Waals surface area contributed by atoms with Gasteiger partial charge < -0.3 is 4.98 Å². The lowest BCUT2D eigenvalue weighted by molar-refractivity contribution is 0.583. The summed E-state index contributed by atoms with van der Waals surface area (Å²) in [5.41, 5.74) is -1.76. The van der Waals surface area contributed by atoms with E-state index in [0.717, 1.165) is 36.4 Å². The van der Waals surface area contributed by atoms with Crippen LogP contribution in [0.1, 0.15) is 0 Å². The quantitative estimate of drug-likeness (QED) is 0.261. The van der Waals surface area contributed by atoms with E-state index in [4.69, 9.17) is 11.6 Å². The van der Waals surface area contributed by atoms with Crippen molar-refractivity contribution in [3.8, 4) is 22.6 Å². The zero-order valence-corrected chi connectivity index (χ0v) is 18.8. The van der Waals surface area contributed by atoms with Crippen LogP contribution in [0.15, 0.2) is 59.8 Å². The second kappa shape index (κ2) is 8.40. The fraction of sp³-hybridized carbons (Fsp3) is 0. The smallest absolute Gasteiger partial charge is 0.263 e. The Morgan fingerprint density at radius 3 is 2.49 bits per heavy atom. The van der Waals surface area contributed by atoms with E-state index >= 15 is 8.78 Å². The highest BCUT2D eigenvalue weighted by Crippen LogP contribution is 2.37. The highest BCUT2D eigenvalue weighted by atomic mass is 35.5. The van der Waals surface area contributed by atoms with Crippen molar-refractivity contribution in [2.24, 2.45) is 0 Å². The maximum atomic E-state index is 15.4. The van der Waals surface area contributed by atoms with E-state index in [-0.39, 0.29) is 5.52 Å². The average Bonchev–Trinajstić information content (AvgIpc) is 3.47. The molecular weight excluding hydrogens is 510 g/mol. The molecule has 7 nitrogen and oxygen atoms in total. The van der Waals surface area contributed by atoms with E-state index in [1.54, 1.807) is 6.20 Å². The Hall–Kier alpha value is -3.90. The molecule has 0 saturated heterocycles. The van der Waals surface area contributed by atoms with Crippen molar-refractivity contribution in [1.29, 1.82) is 0 Å². The molecule has 13 heteroatoms. The van der Waals surface area contributed by atoms with Crippen LogP contribution in [0.2, 0.25) is 5.02 Å². The number of anilines is 1. The molecule has 0 bridgehead atoms. The first-order valence-corrected chi connectivity index (χ1v) is 11.7. The van der Waals surface area contributed by atoms with Gasteiger partial charge in [-0.3, -0.25) is 9.82 Å². The minimum atomic E-state index is -4.49. The van der Waals surface area contributed by atoms with Gasteiger partial charge in [0.05, 0.1) is 16.3 Å². The predicted octanol–water partition coefficient (Wildman–Crippen LogP) is 5.63. The second-order valence-corrected chi connectivity index (χ2v) is 9.38. The second-order valence-electron chi connectivity index (χ2n) is 7.32. The topological polar surface area (TPSA) is 104 Å². The third-order valence-corrected chi connectivity index (χ3v) is 7.04. The number of nitrogens with zero attached hydrogens (tertiary/aromatic N) is 2. The molecule has 0 spiro atoms. The Morgan fingerprint density at radius 1 is 0.971 bits per heavy atom. The van der Waals surface area contributed by atoms with E-state index in [0.29, 0.717) is 16.9 Å². The molecule has 35 heavy (non-hydrogen) atoms. The predicted molar refractivity (Wildman–Crippen MR) is 121 cm³/mol. The Morgan fingerprint density at radius 2 is 1.77 bits per heavy atom. The number of hydrogen-bond donors (Lipinski definition) is 3. The fourth-order valence-corrected chi connectivity index (χ4v) is 5.19. The number of aromatic nitrogens is 4. The van der Waals surface area contributed by atoms with Crippen molar-refractivity contribution in [1.82, 2.24) is 20.2 Å². The van der Waals surface area contributed by atoms with Gasteiger partial charge in [-0.2, -0.15) is 5.10 Å². The number of nitrogens with one attached hydrogen (secondary N) is 3. The minimum absolute atomic E-state index is 0.128. The van der Waals surface area contributed by atoms with Crippen molar-refractivity contribution < 1.29 is 26.0 Å². The van der Waals surface area contributed by atoms with E-state index < -0.39 is 60.0 Å². The van der Waals surface area contributed by atoms with Crippen LogP contribution >= 0.6 is 11.6 Å². The Balaban J connectivity index is 1.60. The highest BCUT2D eigenvalue weighted by molar-refractivity contribution is 7.92. The summed E-state index contributed by atoms with van der Waals surface area (Å²) in [5.74, 6) is -3.92. The molecule has 0 aliphatic heterocycles. The normalized spacial score (nSPS) is 11.8. The Kier molecular flexibility index (Phi) is 5.49. The molecule has 5 aromatic rings. The van der Waals surface area contributed by atoms with Crippen LogP contribution in [0.3, 0.4) is 0 Å². The van der Waals surface area contributed by atoms with Gasteiger partial charge in [-0.05, 0) is 36.4 Å². The highest BCUT2D eigenvalue weighted by Gasteiger charge is 2.25. The fourth-order valence-electron chi connectivity index (χ4n) is 3.59. The molecule has 178 valence electrons. The largest absolute Gasteiger partial charge is 0.343 e. The number of halogens is 5. The van der Waals surface area contributed by atoms with Gasteiger partial charge in [0.2, 0.25) is 0 Å². The number of H-pyrrole nitrogens is 2. The third-order valence-electron chi connectivity index (χ3n) is 5.19. The van der Waals surface area contributed by atoms with Gasteiger partial charge >= 0.3 is 0 Å². The van der Waals surface area contributed by atoms with E-state index in [9.17, 15) is 17.2 Å². The molecule has 0 aliphatic rings. The van der Waals surface area contributed by atoms with E-state index in [1.165, 1.54) is 12.3 Å². The maximum Gasteiger partial charge on any atom is 0.263 e. The van der Waals surface area contributed by atoms with E-state index in [2.05, 4.69) is 20.2 Å². The zero-order chi connectivity index (χ0) is 24.9. The van der Waals surface area contributed by atoms with Crippen LogP contribution in [0.5, 0.6) is 0 Å². The van der Waals surface area contributed by atoms with Crippen molar-refractivity contribution in [2.75, 3.05) is 4.72 Å². The molecule has 2 heterocycles. The van der Waals surface area contributed by atoms with Gasteiger partial charge in [0.15, 0.2) is 17.5 Å². The first-order chi connectivity index (χ1) is 16.7. The summed E-state index contributed by atoms with van der Waals surface area (Å²) in [4.78, 5) is 6.36. The first-order valence-electron chi connectivity index (χ1n) is 9.80.